The van der Waals surface area contributed by atoms with Crippen LogP contribution in [0.4, 0.5) is 26.3 Å². The summed E-state index contributed by atoms with van der Waals surface area (Å²) >= 11 is 0.898. The molecule has 0 atom stereocenters. The van der Waals surface area contributed by atoms with Crippen LogP contribution in [0.1, 0.15) is 138 Å². The molecule has 0 bridgehead atoms. The van der Waals surface area contributed by atoms with E-state index in [-0.39, 0.29) is 35.6 Å². The van der Waals surface area contributed by atoms with Gasteiger partial charge in [-0.2, -0.15) is 47.0 Å². The van der Waals surface area contributed by atoms with E-state index in [9.17, 15) is 26.3 Å². The summed E-state index contributed by atoms with van der Waals surface area (Å²) in [4.78, 5) is 0. The molecule has 1 aliphatic rings. The average molecular weight is 919 g/mol. The van der Waals surface area contributed by atoms with Crippen molar-refractivity contribution >= 4 is 3.21 Å². The minimum absolute atomic E-state index is 0. The van der Waals surface area contributed by atoms with Gasteiger partial charge in [0.05, 0.1) is 0 Å². The zero-order valence-corrected chi connectivity index (χ0v) is 39.1. The molecular weight excluding hydrogens is 865 g/mol. The van der Waals surface area contributed by atoms with Crippen molar-refractivity contribution in [3.63, 3.8) is 0 Å². The van der Waals surface area contributed by atoms with Gasteiger partial charge in [-0.1, -0.05) is 118 Å². The average Bonchev–Trinajstić information content (AvgIpc) is 3.74. The van der Waals surface area contributed by atoms with E-state index in [0.29, 0.717) is 19.7 Å². The van der Waals surface area contributed by atoms with E-state index in [1.54, 1.807) is 0 Å². The Balaban J connectivity index is 0.000000305. The maximum absolute atomic E-state index is 12.5. The van der Waals surface area contributed by atoms with E-state index in [1.165, 1.54) is 88.0 Å². The molecule has 5 aromatic carbocycles. The van der Waals surface area contributed by atoms with Crippen LogP contribution in [0.15, 0.2) is 97.1 Å². The van der Waals surface area contributed by atoms with E-state index in [2.05, 4.69) is 124 Å². The predicted octanol–water partition coefficient (Wildman–Crippen LogP) is 8.55. The third kappa shape index (κ3) is 13.8. The van der Waals surface area contributed by atoms with Crippen LogP contribution in [-0.4, -0.2) is 3.21 Å². The summed E-state index contributed by atoms with van der Waals surface area (Å²) in [5.41, 5.74) is 11.6. The summed E-state index contributed by atoms with van der Waals surface area (Å²) in [6.45, 7) is 22.7. The van der Waals surface area contributed by atoms with E-state index in [0.717, 1.165) is 54.9 Å². The number of rotatable bonds is 5. The van der Waals surface area contributed by atoms with Crippen LogP contribution in [0.2, 0.25) is 0 Å². The SMILES string of the molecule is CC(C)(C)c1[c-]c2c(cc1)-c1ccc(C(C)(C)C)cc1C2.CCCCc1cc(C(C)(C)C)c[cH-]1.FC(F)(F)c1ccc([C](=[Zr+2])c2ccc(C(F)(F)F)cc2)cc1.[Cl-].[Cl-]. The fraction of sp³-hybridized carbons (Fsp3) is 0.388. The first-order valence-corrected chi connectivity index (χ1v) is 20.4. The first-order chi connectivity index (χ1) is 25.8. The first kappa shape index (κ1) is 51.3. The third-order valence-electron chi connectivity index (χ3n) is 9.97. The van der Waals surface area contributed by atoms with Gasteiger partial charge in [0.2, 0.25) is 0 Å². The molecule has 1 aliphatic carbocycles. The number of halogens is 8. The van der Waals surface area contributed by atoms with Crippen molar-refractivity contribution in [3.8, 4) is 11.1 Å². The van der Waals surface area contributed by atoms with Gasteiger partial charge in [0, 0.05) is 0 Å². The van der Waals surface area contributed by atoms with Gasteiger partial charge in [-0.25, -0.2) is 6.07 Å². The Morgan fingerprint density at radius 2 is 1.07 bits per heavy atom. The second-order valence-electron chi connectivity index (χ2n) is 17.7. The third-order valence-corrected chi connectivity index (χ3v) is 11.4. The zero-order valence-electron chi connectivity index (χ0n) is 35.1. The number of unbranched alkanes of at least 4 members (excludes halogenated alkanes) is 1. The second kappa shape index (κ2) is 20.1. The van der Waals surface area contributed by atoms with Crippen LogP contribution in [0.3, 0.4) is 0 Å². The van der Waals surface area contributed by atoms with Crippen molar-refractivity contribution < 1.29 is 75.4 Å². The number of aryl methyl sites for hydroxylation is 1. The van der Waals surface area contributed by atoms with Crippen LogP contribution in [0.5, 0.6) is 0 Å². The van der Waals surface area contributed by atoms with Gasteiger partial charge in [-0.15, -0.1) is 11.1 Å². The molecule has 0 saturated carbocycles. The fourth-order valence-corrected chi connectivity index (χ4v) is 7.16. The van der Waals surface area contributed by atoms with Crippen molar-refractivity contribution in [1.82, 2.24) is 0 Å². The molecule has 6 rings (SSSR count). The Kier molecular flexibility index (Phi) is 17.8. The summed E-state index contributed by atoms with van der Waals surface area (Å²) in [6.07, 6.45) is -3.95. The molecule has 9 heteroatoms. The quantitative estimate of drug-likeness (QED) is 0.120. The topological polar surface area (TPSA) is 0 Å². The minimum atomic E-state index is -4.41. The van der Waals surface area contributed by atoms with Gasteiger partial charge < -0.3 is 24.8 Å². The molecule has 0 N–H and O–H groups in total. The molecule has 0 heterocycles. The molecule has 0 spiro atoms. The Morgan fingerprint density at radius 3 is 1.48 bits per heavy atom. The smallest absolute Gasteiger partial charge is 1.00 e. The van der Waals surface area contributed by atoms with Crippen LogP contribution >= 0.6 is 0 Å². The number of benzene rings is 4. The Labute approximate surface area is 369 Å². The molecule has 0 unspecified atom stereocenters. The first-order valence-electron chi connectivity index (χ1n) is 19.2. The normalized spacial score (nSPS) is 12.4. The predicted molar refractivity (Wildman–Crippen MR) is 216 cm³/mol. The molecule has 0 nitrogen and oxygen atoms in total. The van der Waals surface area contributed by atoms with Gasteiger partial charge in [0.1, 0.15) is 0 Å². The van der Waals surface area contributed by atoms with Crippen LogP contribution in [0, 0.1) is 6.07 Å². The molecule has 0 fully saturated rings. The van der Waals surface area contributed by atoms with Gasteiger partial charge in [-0.3, -0.25) is 0 Å². The van der Waals surface area contributed by atoms with E-state index < -0.39 is 23.5 Å². The maximum atomic E-state index is 12.5. The molecule has 58 heavy (non-hydrogen) atoms. The number of fused-ring (bicyclic) bond motifs is 3. The number of hydrogen-bond donors (Lipinski definition) is 0. The van der Waals surface area contributed by atoms with Gasteiger partial charge >= 0.3 is 137 Å². The molecule has 0 aliphatic heterocycles. The van der Waals surface area contributed by atoms with Crippen LogP contribution in [0.25, 0.3) is 11.1 Å². The van der Waals surface area contributed by atoms with Crippen molar-refractivity contribution in [1.29, 1.82) is 0 Å². The summed E-state index contributed by atoms with van der Waals surface area (Å²) in [7, 11) is 0. The van der Waals surface area contributed by atoms with Crippen molar-refractivity contribution in [3.05, 3.63) is 159 Å². The number of hydrogen-bond acceptors (Lipinski definition) is 0. The van der Waals surface area contributed by atoms with E-state index in [4.69, 9.17) is 0 Å². The maximum Gasteiger partial charge on any atom is -1.00 e. The Bertz CT molecular complexity index is 1960. The zero-order chi connectivity index (χ0) is 41.9. The van der Waals surface area contributed by atoms with E-state index in [1.807, 2.05) is 0 Å². The molecule has 0 saturated heterocycles. The van der Waals surface area contributed by atoms with Gasteiger partial charge in [0.15, 0.2) is 0 Å². The van der Waals surface area contributed by atoms with Crippen LogP contribution < -0.4 is 24.8 Å². The monoisotopic (exact) mass is 916 g/mol. The summed E-state index contributed by atoms with van der Waals surface area (Å²) in [5, 5.41) is 0. The summed E-state index contributed by atoms with van der Waals surface area (Å²) < 4.78 is 75.6. The largest absolute Gasteiger partial charge is 1.00 e. The number of alkyl halides is 6. The Hall–Kier alpha value is -2.86. The molecule has 0 amide bonds. The summed E-state index contributed by atoms with van der Waals surface area (Å²) in [6, 6.07) is 31.2. The Morgan fingerprint density at radius 1 is 0.603 bits per heavy atom. The van der Waals surface area contributed by atoms with Gasteiger partial charge in [-0.05, 0) is 28.4 Å². The fourth-order valence-electron chi connectivity index (χ4n) is 6.34. The summed E-state index contributed by atoms with van der Waals surface area (Å²) in [5.74, 6) is 0. The standard InChI is InChI=1S/C21H25.C15H8F6.C13H21.2ClH.Zr/c1-20(2,3)16-7-9-18-14(12-16)11-15-13-17(21(4,5)6)8-10-19(15)18;16-14(17,18)12-5-1-10(2-6-12)9-11-3-7-13(8-4-11)15(19,20)21;1-5-6-7-11-8-9-12(10-11)13(2,3)4;;;/h7-10,12H,11H2,1-6H3;1-8H;8-10H,5-7H2,1-4H3;2*1H;/q-1;;-1;;;+2/p-2. The van der Waals surface area contributed by atoms with Crippen molar-refractivity contribution in [2.45, 2.75) is 124 Å². The molecule has 5 aromatic rings. The van der Waals surface area contributed by atoms with Crippen LogP contribution in [-0.2, 0) is 65.7 Å². The second-order valence-corrected chi connectivity index (χ2v) is 18.9. The molecule has 0 radical (unpaired) electrons. The van der Waals surface area contributed by atoms with Gasteiger partial charge in [0.25, 0.3) is 0 Å². The molecule has 0 aromatic heterocycles. The van der Waals surface area contributed by atoms with Crippen molar-refractivity contribution in [2.24, 2.45) is 0 Å². The molecular formula is C49H54Cl2F6Zr-2. The van der Waals surface area contributed by atoms with E-state index >= 15 is 0 Å². The van der Waals surface area contributed by atoms with Crippen molar-refractivity contribution in [2.75, 3.05) is 0 Å². The minimum Gasteiger partial charge on any atom is -1.00 e. The molecule has 312 valence electrons.